The molecule has 0 aliphatic carbocycles. The molecule has 90 valence electrons. The average Bonchev–Trinajstić information content (AvgIpc) is 3.15. The lowest BCUT2D eigenvalue weighted by Crippen LogP contribution is -1.65. The van der Waals surface area contributed by atoms with Gasteiger partial charge in [0.15, 0.2) is 0 Å². The fourth-order valence-electron chi connectivity index (χ4n) is 2.22. The number of fused-ring (bicyclic) bond motifs is 3. The average molecular weight is 277 g/mol. The lowest BCUT2D eigenvalue weighted by molar-refractivity contribution is 1.84. The molecule has 4 rings (SSSR count). The van der Waals surface area contributed by atoms with Crippen LogP contribution in [0.15, 0.2) is 53.9 Å². The Labute approximate surface area is 119 Å². The largest absolute Gasteiger partial charge is 0.186 e. The van der Waals surface area contributed by atoms with Crippen molar-refractivity contribution < 1.29 is 0 Å². The van der Waals surface area contributed by atoms with Crippen LogP contribution in [0.3, 0.4) is 0 Å². The van der Waals surface area contributed by atoms with Crippen LogP contribution < -0.4 is 0 Å². The van der Waals surface area contributed by atoms with Gasteiger partial charge in [0.25, 0.3) is 0 Å². The van der Waals surface area contributed by atoms with Gasteiger partial charge >= 0.3 is 0 Å². The first-order valence-corrected chi connectivity index (χ1v) is 7.73. The summed E-state index contributed by atoms with van der Waals surface area (Å²) in [5.74, 6) is 6.47. The molecule has 0 fully saturated rings. The zero-order valence-electron chi connectivity index (χ0n) is 10.0. The van der Waals surface area contributed by atoms with E-state index in [1.165, 1.54) is 20.2 Å². The molecule has 0 aliphatic rings. The van der Waals surface area contributed by atoms with E-state index < -0.39 is 0 Å². The van der Waals surface area contributed by atoms with E-state index in [-0.39, 0.29) is 0 Å². The summed E-state index contributed by atoms with van der Waals surface area (Å²) in [5.41, 5.74) is 1.08. The molecule has 4 aromatic rings. The highest BCUT2D eigenvalue weighted by atomic mass is 32.1. The fourth-order valence-corrected chi connectivity index (χ4v) is 3.95. The van der Waals surface area contributed by atoms with Crippen molar-refractivity contribution in [3.63, 3.8) is 0 Å². The first-order chi connectivity index (χ1) is 9.40. The van der Waals surface area contributed by atoms with Crippen LogP contribution in [0.5, 0.6) is 0 Å². The zero-order valence-corrected chi connectivity index (χ0v) is 11.6. The molecule has 0 saturated carbocycles. The van der Waals surface area contributed by atoms with Crippen molar-refractivity contribution in [3.05, 3.63) is 64.4 Å². The molecule has 2 heterocycles. The van der Waals surface area contributed by atoms with E-state index in [2.05, 4.69) is 41.5 Å². The minimum Gasteiger partial charge on any atom is -0.186 e. The van der Waals surface area contributed by atoms with Gasteiger partial charge in [0.2, 0.25) is 0 Å². The van der Waals surface area contributed by atoms with Gasteiger partial charge in [-0.25, -0.2) is 0 Å². The lowest BCUT2D eigenvalue weighted by atomic mass is 10.2. The highest BCUT2D eigenvalue weighted by Gasteiger charge is 2.04. The Morgan fingerprint density at radius 3 is 2.79 bits per heavy atom. The molecule has 0 radical (unpaired) electrons. The summed E-state index contributed by atoms with van der Waals surface area (Å²) in [6, 6.07) is 16.9. The minimum absolute atomic E-state index is 1.08. The first kappa shape index (κ1) is 10.9. The second-order valence-electron chi connectivity index (χ2n) is 4.34. The van der Waals surface area contributed by atoms with Gasteiger partial charge in [0.1, 0.15) is 0 Å². The number of hydrogen-bond acceptors (Lipinski definition) is 2. The molecule has 0 bridgehead atoms. The number of hydrogen-bond donors (Lipinski definition) is 0. The summed E-state index contributed by atoms with van der Waals surface area (Å²) >= 11 is 3.56. The van der Waals surface area contributed by atoms with Crippen LogP contribution in [0.25, 0.3) is 20.2 Å². The Bertz CT molecular complexity index is 909. The zero-order chi connectivity index (χ0) is 12.7. The van der Waals surface area contributed by atoms with Crippen molar-refractivity contribution >= 4 is 42.8 Å². The minimum atomic E-state index is 1.08. The summed E-state index contributed by atoms with van der Waals surface area (Å²) in [5, 5.41) is 4.83. The Morgan fingerprint density at radius 1 is 0.947 bits per heavy atom. The normalized spacial score (nSPS) is 10.7. The van der Waals surface area contributed by atoms with Gasteiger partial charge in [-0.15, -0.1) is 40.2 Å². The van der Waals surface area contributed by atoms with Crippen LogP contribution in [0, 0.1) is 11.8 Å². The van der Waals surface area contributed by atoms with Crippen molar-refractivity contribution in [1.82, 2.24) is 0 Å². The first-order valence-electron chi connectivity index (χ1n) is 6.04. The second-order valence-corrected chi connectivity index (χ2v) is 6.38. The van der Waals surface area contributed by atoms with E-state index in [0.717, 1.165) is 10.4 Å². The highest BCUT2D eigenvalue weighted by molar-refractivity contribution is 7.20. The predicted molar refractivity (Wildman–Crippen MR) is 85.2 cm³/mol. The van der Waals surface area contributed by atoms with Crippen molar-refractivity contribution in [1.29, 1.82) is 0 Å². The molecule has 0 N–H and O–H groups in total. The third kappa shape index (κ3) is 1.88. The van der Waals surface area contributed by atoms with Crippen LogP contribution in [0.2, 0.25) is 0 Å². The topological polar surface area (TPSA) is 0 Å². The lowest BCUT2D eigenvalue weighted by Gasteiger charge is -1.90. The molecule has 0 atom stereocenters. The standard InChI is InChI=1S/C17H9S2/c1-2-4-12(3-1)5-6-13-11-15-14-9-10-18-16(14)7-8-17(15)19-13/h1-4,7-11H/q-1. The molecule has 0 aliphatic heterocycles. The summed E-state index contributed by atoms with van der Waals surface area (Å²) in [6.07, 6.45) is 0. The van der Waals surface area contributed by atoms with Crippen molar-refractivity contribution in [3.8, 4) is 11.8 Å². The van der Waals surface area contributed by atoms with Crippen LogP contribution in [-0.4, -0.2) is 0 Å². The summed E-state index contributed by atoms with van der Waals surface area (Å²) in [6.45, 7) is 0. The molecule has 0 nitrogen and oxygen atoms in total. The van der Waals surface area contributed by atoms with Crippen LogP contribution in [0.4, 0.5) is 0 Å². The molecule has 0 saturated heterocycles. The van der Waals surface area contributed by atoms with Crippen molar-refractivity contribution in [2.24, 2.45) is 0 Å². The summed E-state index contributed by atoms with van der Waals surface area (Å²) in [4.78, 5) is 1.13. The quantitative estimate of drug-likeness (QED) is 0.305. The van der Waals surface area contributed by atoms with Gasteiger partial charge in [0, 0.05) is 20.2 Å². The monoisotopic (exact) mass is 277 g/mol. The Kier molecular flexibility index (Phi) is 2.48. The third-order valence-corrected chi connectivity index (χ3v) is 5.02. The van der Waals surface area contributed by atoms with Crippen molar-refractivity contribution in [2.45, 2.75) is 0 Å². The Balaban J connectivity index is 1.87. The van der Waals surface area contributed by atoms with E-state index in [9.17, 15) is 0 Å². The highest BCUT2D eigenvalue weighted by Crippen LogP contribution is 2.34. The maximum Gasteiger partial charge on any atom is 0.0677 e. The van der Waals surface area contributed by atoms with Gasteiger partial charge in [-0.05, 0) is 29.6 Å². The summed E-state index contributed by atoms with van der Waals surface area (Å²) < 4.78 is 2.67. The molecule has 2 heteroatoms. The molecular formula is C17H9S2-. The van der Waals surface area contributed by atoms with E-state index in [0.29, 0.717) is 0 Å². The van der Waals surface area contributed by atoms with Crippen LogP contribution in [0.1, 0.15) is 10.4 Å². The van der Waals surface area contributed by atoms with E-state index in [4.69, 9.17) is 0 Å². The van der Waals surface area contributed by atoms with Gasteiger partial charge in [0.05, 0.1) is 4.88 Å². The van der Waals surface area contributed by atoms with E-state index in [1.807, 2.05) is 24.3 Å². The smallest absolute Gasteiger partial charge is 0.0677 e. The van der Waals surface area contributed by atoms with E-state index in [1.54, 1.807) is 22.7 Å². The molecule has 2 aromatic carbocycles. The van der Waals surface area contributed by atoms with Gasteiger partial charge < -0.3 is 0 Å². The SMILES string of the molecule is C(#Cc1cc2c(ccc3sccc32)s1)c1ccc[cH-]1. The van der Waals surface area contributed by atoms with Crippen molar-refractivity contribution in [2.75, 3.05) is 0 Å². The number of benzene rings is 1. The Morgan fingerprint density at radius 2 is 1.89 bits per heavy atom. The van der Waals surface area contributed by atoms with Gasteiger partial charge in [-0.1, -0.05) is 0 Å². The predicted octanol–water partition coefficient (Wildman–Crippen LogP) is 5.23. The van der Waals surface area contributed by atoms with Gasteiger partial charge in [-0.3, -0.25) is 0 Å². The molecule has 0 spiro atoms. The maximum absolute atomic E-state index is 3.27. The van der Waals surface area contributed by atoms with Crippen LogP contribution in [-0.2, 0) is 0 Å². The molecule has 0 unspecified atom stereocenters. The maximum atomic E-state index is 3.27. The van der Waals surface area contributed by atoms with Crippen LogP contribution >= 0.6 is 22.7 Å². The number of rotatable bonds is 0. The van der Waals surface area contributed by atoms with Gasteiger partial charge in [-0.2, -0.15) is 24.1 Å². The molecule has 2 aromatic heterocycles. The second kappa shape index (κ2) is 4.31. The molecular weight excluding hydrogens is 268 g/mol. The molecule has 0 amide bonds. The fraction of sp³-hybridized carbons (Fsp3) is 0. The third-order valence-electron chi connectivity index (χ3n) is 3.12. The Hall–Kier alpha value is -1.95. The number of thiophene rings is 2. The molecule has 19 heavy (non-hydrogen) atoms. The summed E-state index contributed by atoms with van der Waals surface area (Å²) in [7, 11) is 0. The van der Waals surface area contributed by atoms with E-state index >= 15 is 0 Å².